The van der Waals surface area contributed by atoms with Crippen molar-refractivity contribution in [3.8, 4) is 23.3 Å². The van der Waals surface area contributed by atoms with Crippen molar-refractivity contribution < 1.29 is 58.1 Å². The topological polar surface area (TPSA) is 234 Å². The van der Waals surface area contributed by atoms with Crippen molar-refractivity contribution >= 4 is 29.3 Å². The molecule has 6 aliphatic heterocycles. The molecule has 0 radical (unpaired) electrons. The lowest BCUT2D eigenvalue weighted by atomic mass is 9.44. The van der Waals surface area contributed by atoms with Gasteiger partial charge in [-0.1, -0.05) is 29.4 Å². The highest BCUT2D eigenvalue weighted by molar-refractivity contribution is 6.05. The first-order valence-corrected chi connectivity index (χ1v) is 23.9. The highest BCUT2D eigenvalue weighted by Crippen LogP contribution is 2.74. The number of ketones is 1. The molecule has 10 rings (SSSR count). The maximum atomic E-state index is 15.6. The van der Waals surface area contributed by atoms with Crippen LogP contribution in [0.1, 0.15) is 112 Å². The molecule has 1 aromatic carbocycles. The van der Waals surface area contributed by atoms with E-state index in [9.17, 15) is 25.4 Å². The second-order valence-corrected chi connectivity index (χ2v) is 21.4. The molecule has 16 nitrogen and oxygen atoms in total. The zero-order valence-electron chi connectivity index (χ0n) is 40.7. The van der Waals surface area contributed by atoms with E-state index in [4.69, 9.17) is 43.9 Å². The molecule has 16 heteroatoms. The minimum Gasteiger partial charge on any atom is -0.482 e. The smallest absolute Gasteiger partial charge is 0.246 e. The fraction of sp³-hybridized carbons (Fsp3) is 0.615. The number of carbonyl (C=O) groups is 2. The van der Waals surface area contributed by atoms with Gasteiger partial charge >= 0.3 is 0 Å². The highest BCUT2D eigenvalue weighted by Gasteiger charge is 2.84. The predicted octanol–water partition coefficient (Wildman–Crippen LogP) is 5.26. The van der Waals surface area contributed by atoms with Crippen molar-refractivity contribution in [1.82, 2.24) is 5.32 Å². The summed E-state index contributed by atoms with van der Waals surface area (Å²) in [5, 5.41) is 46.5. The van der Waals surface area contributed by atoms with E-state index < -0.39 is 88.5 Å². The van der Waals surface area contributed by atoms with Crippen molar-refractivity contribution in [2.75, 3.05) is 19.8 Å². The van der Waals surface area contributed by atoms with Gasteiger partial charge in [0.25, 0.3) is 0 Å². The third kappa shape index (κ3) is 7.38. The van der Waals surface area contributed by atoms with Crippen molar-refractivity contribution in [3.05, 3.63) is 63.3 Å². The molecule has 6 heterocycles. The SMILES string of the molecule is CC(C)=CCCC1(C)C=Cc2c(c(CC=C(C)C)c3c(c2O[C@@H]2O[C@@H]4COC(C)(C)O[C@H]4[C@H](O)[C@H]2O)C2=C4C(C(C#N)C(N)=N2)C2CC5C(C)(C)OC(CC=C(C)C(=O)NCCO)(C2=O)C45O3)O1. The number of Topliss-reactive ketones (excluding diaryl/α,β-unsaturated/α-hetero) is 1. The van der Waals surface area contributed by atoms with Crippen LogP contribution >= 0.6 is 0 Å². The molecule has 0 aromatic heterocycles. The first-order chi connectivity index (χ1) is 32.0. The van der Waals surface area contributed by atoms with Gasteiger partial charge in [0.15, 0.2) is 22.8 Å². The zero-order chi connectivity index (χ0) is 49.0. The average Bonchev–Trinajstić information content (AvgIpc) is 3.41. The summed E-state index contributed by atoms with van der Waals surface area (Å²) >= 11 is 0. The van der Waals surface area contributed by atoms with Crippen LogP contribution in [-0.2, 0) is 35.0 Å². The lowest BCUT2D eigenvalue weighted by molar-refractivity contribution is -0.373. The maximum Gasteiger partial charge on any atom is 0.246 e. The van der Waals surface area contributed by atoms with E-state index in [0.29, 0.717) is 64.3 Å². The van der Waals surface area contributed by atoms with Crippen LogP contribution in [-0.4, -0.2) is 112 Å². The molecular formula is C52H66N4O12. The number of hydrogen-bond donors (Lipinski definition) is 5. The number of carbonyl (C=O) groups excluding carboxylic acids is 2. The normalized spacial score (nSPS) is 36.4. The summed E-state index contributed by atoms with van der Waals surface area (Å²) in [7, 11) is 0. The van der Waals surface area contributed by atoms with Crippen LogP contribution < -0.4 is 25.3 Å². The van der Waals surface area contributed by atoms with E-state index in [0.717, 1.165) is 12.0 Å². The molecule has 1 aromatic rings. The number of aliphatic hydroxyl groups excluding tert-OH is 3. The van der Waals surface area contributed by atoms with Gasteiger partial charge in [0, 0.05) is 47.4 Å². The van der Waals surface area contributed by atoms with Crippen LogP contribution in [0.2, 0.25) is 0 Å². The Morgan fingerprint density at radius 3 is 2.47 bits per heavy atom. The van der Waals surface area contributed by atoms with Crippen molar-refractivity contribution in [2.45, 2.75) is 160 Å². The Labute approximate surface area is 397 Å². The minimum atomic E-state index is -1.71. The number of benzene rings is 1. The van der Waals surface area contributed by atoms with Crippen LogP contribution in [0.15, 0.2) is 51.6 Å². The maximum absolute atomic E-state index is 15.6. The Bertz CT molecular complexity index is 2540. The van der Waals surface area contributed by atoms with E-state index in [1.165, 1.54) is 5.57 Å². The van der Waals surface area contributed by atoms with Gasteiger partial charge in [-0.15, -0.1) is 0 Å². The molecule has 1 spiro atoms. The number of amidine groups is 1. The van der Waals surface area contributed by atoms with E-state index in [1.54, 1.807) is 26.8 Å². The molecule has 366 valence electrons. The number of amides is 1. The Kier molecular flexibility index (Phi) is 12.0. The summed E-state index contributed by atoms with van der Waals surface area (Å²) in [6.07, 6.45) is 5.55. The first kappa shape index (κ1) is 48.2. The number of ether oxygens (including phenoxy) is 7. The van der Waals surface area contributed by atoms with Crippen LogP contribution in [0, 0.1) is 35.0 Å². The predicted molar refractivity (Wildman–Crippen MR) is 250 cm³/mol. The van der Waals surface area contributed by atoms with Crippen LogP contribution in [0.25, 0.3) is 11.8 Å². The van der Waals surface area contributed by atoms with Crippen LogP contribution in [0.3, 0.4) is 0 Å². The fourth-order valence-electron chi connectivity index (χ4n) is 12.1. The van der Waals surface area contributed by atoms with E-state index in [2.05, 4.69) is 37.4 Å². The molecule has 9 aliphatic rings. The summed E-state index contributed by atoms with van der Waals surface area (Å²) < 4.78 is 47.6. The number of hydrogen-bond acceptors (Lipinski definition) is 15. The van der Waals surface area contributed by atoms with Crippen molar-refractivity contribution in [3.63, 3.8) is 0 Å². The van der Waals surface area contributed by atoms with E-state index in [1.807, 2.05) is 46.8 Å². The quantitative estimate of drug-likeness (QED) is 0.133. The fourth-order valence-corrected chi connectivity index (χ4v) is 12.1. The van der Waals surface area contributed by atoms with Crippen molar-refractivity contribution in [1.29, 1.82) is 5.26 Å². The van der Waals surface area contributed by atoms with Gasteiger partial charge in [0.2, 0.25) is 12.2 Å². The highest BCUT2D eigenvalue weighted by atomic mass is 16.8. The number of nitrogens with one attached hydrogen (secondary N) is 1. The van der Waals surface area contributed by atoms with Crippen LogP contribution in [0.4, 0.5) is 0 Å². The molecular weight excluding hydrogens is 873 g/mol. The number of rotatable bonds is 12. The number of nitriles is 1. The molecule has 3 saturated carbocycles. The molecule has 6 fully saturated rings. The number of fused-ring (bicyclic) bond motifs is 4. The second kappa shape index (κ2) is 16.9. The molecule has 7 unspecified atom stereocenters. The van der Waals surface area contributed by atoms with Crippen LogP contribution in [0.5, 0.6) is 17.2 Å². The summed E-state index contributed by atoms with van der Waals surface area (Å²) in [6, 6.07) is 2.38. The lowest BCUT2D eigenvalue weighted by Gasteiger charge is -2.62. The second-order valence-electron chi connectivity index (χ2n) is 21.4. The van der Waals surface area contributed by atoms with Crippen molar-refractivity contribution in [2.24, 2.45) is 34.4 Å². The Morgan fingerprint density at radius 1 is 1.04 bits per heavy atom. The molecule has 68 heavy (non-hydrogen) atoms. The summed E-state index contributed by atoms with van der Waals surface area (Å²) in [5.41, 5.74) is 6.76. The summed E-state index contributed by atoms with van der Waals surface area (Å²) in [4.78, 5) is 34.0. The Hall–Kier alpha value is -4.86. The third-order valence-electron chi connectivity index (χ3n) is 15.2. The van der Waals surface area contributed by atoms with Gasteiger partial charge in [-0.2, -0.15) is 5.26 Å². The first-order valence-electron chi connectivity index (χ1n) is 23.9. The number of allylic oxidation sites excluding steroid dienone is 4. The van der Waals surface area contributed by atoms with Gasteiger partial charge < -0.3 is 59.5 Å². The largest absolute Gasteiger partial charge is 0.482 e. The summed E-state index contributed by atoms with van der Waals surface area (Å²) in [5.74, 6) is -3.71. The monoisotopic (exact) mass is 938 g/mol. The molecule has 1 amide bonds. The molecule has 4 bridgehead atoms. The summed E-state index contributed by atoms with van der Waals surface area (Å²) in [6.45, 7) is 19.0. The number of nitrogens with two attached hydrogens (primary N) is 1. The van der Waals surface area contributed by atoms with E-state index >= 15 is 4.79 Å². The van der Waals surface area contributed by atoms with Gasteiger partial charge in [0.1, 0.15) is 59.0 Å². The molecule has 12 atom stereocenters. The van der Waals surface area contributed by atoms with Gasteiger partial charge in [-0.25, -0.2) is 4.99 Å². The third-order valence-corrected chi connectivity index (χ3v) is 15.2. The van der Waals surface area contributed by atoms with E-state index in [-0.39, 0.29) is 43.5 Å². The Morgan fingerprint density at radius 2 is 1.78 bits per heavy atom. The average molecular weight is 939 g/mol. The Balaban J connectivity index is 1.32. The van der Waals surface area contributed by atoms with Gasteiger partial charge in [-0.05, 0) is 107 Å². The molecule has 3 saturated heterocycles. The van der Waals surface area contributed by atoms with Gasteiger partial charge in [0.05, 0.1) is 41.7 Å². The molecule has 6 N–H and O–H groups in total. The standard InChI is InChI=1S/C52H66N4O12/c1-25(2)12-11-17-50(10)18-16-29-40(66-50)28(14-13-26(3)4)42-35(41(29)64-47-39(59)38(58)43-32(63-47)24-62-49(8,9)65-43)37-36-34(31(23-53)45(54)56-37)30-22-33-48(6,7)68-51(44(30)60,52(33,36)67-42)19-15-27(5)46(61)55-20-21-57/h12-13,15-16,18,30-34,38-39,43,47,57-59H,11,14,17,19-22,24H2,1-10H3,(H2,54,56)(H,55,61)/t30?,31?,32-,33?,34?,38-,39-,43-,47+,50?,51?,52?/m1/s1. The number of aliphatic hydroxyl groups is 3. The van der Waals surface area contributed by atoms with Gasteiger partial charge in [-0.3, -0.25) is 9.59 Å². The number of nitrogens with zero attached hydrogens (tertiary/aromatic N) is 2. The lowest BCUT2D eigenvalue weighted by Crippen LogP contribution is -2.75. The minimum absolute atomic E-state index is 0.0250. The number of aliphatic imine (C=N–C) groups is 1. The zero-order valence-corrected chi connectivity index (χ0v) is 40.7. The molecule has 3 aliphatic carbocycles.